The molecule has 1 rings (SSSR count). The molecule has 0 aliphatic carbocycles. The van der Waals surface area contributed by atoms with Gasteiger partial charge in [0.05, 0.1) is 0 Å². The van der Waals surface area contributed by atoms with Crippen molar-refractivity contribution in [1.29, 1.82) is 0 Å². The molecule has 2 N–H and O–H groups in total. The van der Waals surface area contributed by atoms with Crippen molar-refractivity contribution in [2.75, 3.05) is 26.4 Å². The maximum Gasteiger partial charge on any atom is 0.220 e. The van der Waals surface area contributed by atoms with Gasteiger partial charge in [0.15, 0.2) is 0 Å². The zero-order chi connectivity index (χ0) is 11.6. The monoisotopic (exact) mass is 229 g/mol. The van der Waals surface area contributed by atoms with Crippen molar-refractivity contribution in [1.82, 2.24) is 5.32 Å². The van der Waals surface area contributed by atoms with Crippen LogP contribution in [0.1, 0.15) is 38.5 Å². The lowest BCUT2D eigenvalue weighted by Gasteiger charge is -2.21. The molecule has 0 spiro atoms. The summed E-state index contributed by atoms with van der Waals surface area (Å²) in [6, 6.07) is 0. The normalized spacial score (nSPS) is 17.3. The minimum absolute atomic E-state index is 0.163. The first-order valence-corrected chi connectivity index (χ1v) is 6.28. The van der Waals surface area contributed by atoms with Gasteiger partial charge in [0.1, 0.15) is 0 Å². The molecule has 1 saturated heterocycles. The topological polar surface area (TPSA) is 58.6 Å². The first-order chi connectivity index (χ1) is 7.83. The Hall–Kier alpha value is -0.610. The predicted octanol–water partition coefficient (Wildman–Crippen LogP) is 1.08. The van der Waals surface area contributed by atoms with Crippen LogP contribution in [0.4, 0.5) is 0 Å². The van der Waals surface area contributed by atoms with E-state index in [1.807, 2.05) is 0 Å². The number of rotatable bonds is 7. The third-order valence-electron chi connectivity index (χ3n) is 2.97. The SMILES string of the molecule is O=C(CC1CCOCC1)NCCCCCO. The van der Waals surface area contributed by atoms with E-state index in [1.165, 1.54) is 0 Å². The summed E-state index contributed by atoms with van der Waals surface area (Å²) in [5.41, 5.74) is 0. The first kappa shape index (κ1) is 13.5. The molecule has 4 heteroatoms. The van der Waals surface area contributed by atoms with Crippen molar-refractivity contribution in [2.45, 2.75) is 38.5 Å². The third kappa shape index (κ3) is 6.08. The Labute approximate surface area is 97.4 Å². The minimum atomic E-state index is 0.163. The van der Waals surface area contributed by atoms with Crippen molar-refractivity contribution >= 4 is 5.91 Å². The van der Waals surface area contributed by atoms with Gasteiger partial charge in [-0.25, -0.2) is 0 Å². The molecule has 1 aliphatic rings. The molecule has 0 aromatic heterocycles. The van der Waals surface area contributed by atoms with E-state index in [2.05, 4.69) is 5.32 Å². The highest BCUT2D eigenvalue weighted by molar-refractivity contribution is 5.76. The molecule has 0 saturated carbocycles. The molecule has 0 aromatic carbocycles. The maximum absolute atomic E-state index is 11.5. The van der Waals surface area contributed by atoms with Gasteiger partial charge in [0, 0.05) is 32.8 Å². The zero-order valence-electron chi connectivity index (χ0n) is 9.91. The molecule has 0 radical (unpaired) electrons. The summed E-state index contributed by atoms with van der Waals surface area (Å²) in [7, 11) is 0. The van der Waals surface area contributed by atoms with E-state index >= 15 is 0 Å². The van der Waals surface area contributed by atoms with Crippen LogP contribution < -0.4 is 5.32 Å². The van der Waals surface area contributed by atoms with Crippen molar-refractivity contribution in [3.8, 4) is 0 Å². The third-order valence-corrected chi connectivity index (χ3v) is 2.97. The van der Waals surface area contributed by atoms with Gasteiger partial charge in [-0.1, -0.05) is 0 Å². The van der Waals surface area contributed by atoms with Gasteiger partial charge in [0.2, 0.25) is 5.91 Å². The molecule has 1 aliphatic heterocycles. The summed E-state index contributed by atoms with van der Waals surface area (Å²) in [4.78, 5) is 11.5. The summed E-state index contributed by atoms with van der Waals surface area (Å²) < 4.78 is 5.25. The molecule has 0 bridgehead atoms. The van der Waals surface area contributed by atoms with Crippen LogP contribution in [-0.2, 0) is 9.53 Å². The van der Waals surface area contributed by atoms with Crippen LogP contribution >= 0.6 is 0 Å². The van der Waals surface area contributed by atoms with Crippen molar-refractivity contribution < 1.29 is 14.6 Å². The lowest BCUT2D eigenvalue weighted by Crippen LogP contribution is -2.28. The molecule has 0 unspecified atom stereocenters. The second-order valence-corrected chi connectivity index (χ2v) is 4.39. The summed E-state index contributed by atoms with van der Waals surface area (Å²) in [6.07, 6.45) is 5.43. The predicted molar refractivity (Wildman–Crippen MR) is 62.1 cm³/mol. The fraction of sp³-hybridized carbons (Fsp3) is 0.917. The summed E-state index contributed by atoms with van der Waals surface area (Å²) in [5.74, 6) is 0.669. The summed E-state index contributed by atoms with van der Waals surface area (Å²) >= 11 is 0. The number of nitrogens with one attached hydrogen (secondary N) is 1. The number of aliphatic hydroxyl groups is 1. The minimum Gasteiger partial charge on any atom is -0.396 e. The first-order valence-electron chi connectivity index (χ1n) is 6.28. The Morgan fingerprint density at radius 3 is 2.69 bits per heavy atom. The van der Waals surface area contributed by atoms with Gasteiger partial charge >= 0.3 is 0 Å². The van der Waals surface area contributed by atoms with Crippen LogP contribution in [-0.4, -0.2) is 37.4 Å². The number of hydrogen-bond acceptors (Lipinski definition) is 3. The van der Waals surface area contributed by atoms with Gasteiger partial charge in [-0.15, -0.1) is 0 Å². The fourth-order valence-electron chi connectivity index (χ4n) is 1.93. The van der Waals surface area contributed by atoms with Gasteiger partial charge in [0.25, 0.3) is 0 Å². The summed E-state index contributed by atoms with van der Waals surface area (Å²) in [5, 5.41) is 11.5. The Morgan fingerprint density at radius 2 is 2.00 bits per heavy atom. The van der Waals surface area contributed by atoms with Crippen LogP contribution in [0, 0.1) is 5.92 Å². The molecular weight excluding hydrogens is 206 g/mol. The average Bonchev–Trinajstić information content (AvgIpc) is 2.30. The van der Waals surface area contributed by atoms with Crippen LogP contribution in [0.3, 0.4) is 0 Å². The number of ether oxygens (including phenoxy) is 1. The van der Waals surface area contributed by atoms with E-state index in [-0.39, 0.29) is 12.5 Å². The smallest absolute Gasteiger partial charge is 0.220 e. The van der Waals surface area contributed by atoms with Crippen LogP contribution in [0.25, 0.3) is 0 Å². The molecule has 4 nitrogen and oxygen atoms in total. The number of hydrogen-bond donors (Lipinski definition) is 2. The lowest BCUT2D eigenvalue weighted by molar-refractivity contribution is -0.122. The largest absolute Gasteiger partial charge is 0.396 e. The van der Waals surface area contributed by atoms with E-state index in [1.54, 1.807) is 0 Å². The van der Waals surface area contributed by atoms with Gasteiger partial charge in [-0.2, -0.15) is 0 Å². The van der Waals surface area contributed by atoms with E-state index in [0.29, 0.717) is 12.3 Å². The Bertz CT molecular complexity index is 191. The van der Waals surface area contributed by atoms with E-state index in [4.69, 9.17) is 9.84 Å². The lowest BCUT2D eigenvalue weighted by atomic mass is 9.96. The van der Waals surface area contributed by atoms with Crippen LogP contribution in [0.5, 0.6) is 0 Å². The van der Waals surface area contributed by atoms with E-state index in [0.717, 1.165) is 51.9 Å². The second-order valence-electron chi connectivity index (χ2n) is 4.39. The maximum atomic E-state index is 11.5. The van der Waals surface area contributed by atoms with Crippen LogP contribution in [0.15, 0.2) is 0 Å². The highest BCUT2D eigenvalue weighted by Crippen LogP contribution is 2.17. The van der Waals surface area contributed by atoms with Gasteiger partial charge in [-0.05, 0) is 38.0 Å². The summed E-state index contributed by atoms with van der Waals surface area (Å²) in [6.45, 7) is 2.58. The van der Waals surface area contributed by atoms with E-state index < -0.39 is 0 Å². The van der Waals surface area contributed by atoms with Crippen molar-refractivity contribution in [2.24, 2.45) is 5.92 Å². The standard InChI is InChI=1S/C12H23NO3/c14-7-3-1-2-6-13-12(15)10-11-4-8-16-9-5-11/h11,14H,1-10H2,(H,13,15). The molecular formula is C12H23NO3. The van der Waals surface area contributed by atoms with Gasteiger partial charge < -0.3 is 15.2 Å². The Kier molecular flexibility index (Phi) is 7.17. The molecule has 94 valence electrons. The zero-order valence-corrected chi connectivity index (χ0v) is 9.91. The van der Waals surface area contributed by atoms with Crippen molar-refractivity contribution in [3.05, 3.63) is 0 Å². The van der Waals surface area contributed by atoms with E-state index in [9.17, 15) is 4.79 Å². The van der Waals surface area contributed by atoms with Crippen LogP contribution in [0.2, 0.25) is 0 Å². The fourth-order valence-corrected chi connectivity index (χ4v) is 1.93. The Balaban J connectivity index is 1.97. The number of aliphatic hydroxyl groups excluding tert-OH is 1. The molecule has 1 heterocycles. The number of amides is 1. The number of unbranched alkanes of at least 4 members (excludes halogenated alkanes) is 2. The molecule has 0 atom stereocenters. The quantitative estimate of drug-likeness (QED) is 0.642. The Morgan fingerprint density at radius 1 is 1.25 bits per heavy atom. The molecule has 16 heavy (non-hydrogen) atoms. The highest BCUT2D eigenvalue weighted by Gasteiger charge is 2.16. The number of carbonyl (C=O) groups is 1. The molecule has 0 aromatic rings. The average molecular weight is 229 g/mol. The second kappa shape index (κ2) is 8.53. The highest BCUT2D eigenvalue weighted by atomic mass is 16.5. The number of carbonyl (C=O) groups excluding carboxylic acids is 1. The van der Waals surface area contributed by atoms with Gasteiger partial charge in [-0.3, -0.25) is 4.79 Å². The van der Waals surface area contributed by atoms with Crippen molar-refractivity contribution in [3.63, 3.8) is 0 Å². The molecule has 1 fully saturated rings. The molecule has 1 amide bonds.